The molecule has 1 aliphatic heterocycles. The number of para-hydroxylation sites is 1. The van der Waals surface area contributed by atoms with E-state index in [1.165, 1.54) is 12.1 Å². The van der Waals surface area contributed by atoms with Gasteiger partial charge >= 0.3 is 0 Å². The highest BCUT2D eigenvalue weighted by atomic mass is 35.5. The van der Waals surface area contributed by atoms with E-state index in [0.717, 1.165) is 62.5 Å². The van der Waals surface area contributed by atoms with Crippen molar-refractivity contribution in [2.24, 2.45) is 5.92 Å². The second-order valence-corrected chi connectivity index (χ2v) is 9.31. The summed E-state index contributed by atoms with van der Waals surface area (Å²) in [7, 11) is 0. The molecule has 0 bridgehead atoms. The molecular weight excluding hydrogens is 458 g/mol. The maximum atomic E-state index is 13.4. The Kier molecular flexibility index (Phi) is 8.49. The van der Waals surface area contributed by atoms with Crippen molar-refractivity contribution in [1.29, 1.82) is 0 Å². The van der Waals surface area contributed by atoms with E-state index in [0.29, 0.717) is 16.0 Å². The molecular formula is C27H29Cl2FN2O. The van der Waals surface area contributed by atoms with Crippen LogP contribution in [0.1, 0.15) is 30.9 Å². The number of halogens is 3. The van der Waals surface area contributed by atoms with Crippen LogP contribution >= 0.6 is 23.2 Å². The molecule has 3 aromatic rings. The molecule has 6 heteroatoms. The Bertz CT molecular complexity index is 1010. The third-order valence-electron chi connectivity index (χ3n) is 6.20. The standard InChI is InChI=1S/C27H29Cl2FN2O/c28-25-12-7-21(19-26(25)29)27(31-23-10-8-22(30)9-11-23)20-13-16-32(17-14-20)15-4-18-33-24-5-2-1-3-6-24/h1-3,5-12,19-20,27,31H,4,13-18H2. The molecule has 1 unspecified atom stereocenters. The Morgan fingerprint density at radius 3 is 2.36 bits per heavy atom. The van der Waals surface area contributed by atoms with Crippen LogP contribution in [0.4, 0.5) is 10.1 Å². The predicted molar refractivity (Wildman–Crippen MR) is 135 cm³/mol. The first-order valence-electron chi connectivity index (χ1n) is 11.5. The topological polar surface area (TPSA) is 24.5 Å². The molecule has 1 saturated heterocycles. The van der Waals surface area contributed by atoms with Crippen molar-refractivity contribution in [3.63, 3.8) is 0 Å². The van der Waals surface area contributed by atoms with E-state index in [9.17, 15) is 4.39 Å². The number of piperidine rings is 1. The highest BCUT2D eigenvalue weighted by Crippen LogP contribution is 2.36. The molecule has 0 aliphatic carbocycles. The number of hydrogen-bond acceptors (Lipinski definition) is 3. The van der Waals surface area contributed by atoms with Crippen LogP contribution in [-0.4, -0.2) is 31.1 Å². The zero-order chi connectivity index (χ0) is 23.0. The summed E-state index contributed by atoms with van der Waals surface area (Å²) in [5, 5.41) is 4.72. The fourth-order valence-corrected chi connectivity index (χ4v) is 4.72. The van der Waals surface area contributed by atoms with Crippen LogP contribution < -0.4 is 10.1 Å². The lowest BCUT2D eigenvalue weighted by molar-refractivity contribution is 0.161. The molecule has 0 spiro atoms. The normalized spacial score (nSPS) is 15.8. The van der Waals surface area contributed by atoms with Crippen LogP contribution in [0.5, 0.6) is 5.75 Å². The number of anilines is 1. The van der Waals surface area contributed by atoms with Gasteiger partial charge < -0.3 is 15.0 Å². The SMILES string of the molecule is Fc1ccc(NC(c2ccc(Cl)c(Cl)c2)C2CCN(CCCOc3ccccc3)CC2)cc1. The van der Waals surface area contributed by atoms with Crippen LogP contribution in [0.25, 0.3) is 0 Å². The zero-order valence-corrected chi connectivity index (χ0v) is 20.0. The van der Waals surface area contributed by atoms with Crippen molar-refractivity contribution in [3.05, 3.63) is 94.2 Å². The van der Waals surface area contributed by atoms with E-state index in [1.807, 2.05) is 48.5 Å². The van der Waals surface area contributed by atoms with Gasteiger partial charge in [-0.1, -0.05) is 47.5 Å². The first-order chi connectivity index (χ1) is 16.1. The molecule has 0 aromatic heterocycles. The summed E-state index contributed by atoms with van der Waals surface area (Å²) < 4.78 is 19.2. The van der Waals surface area contributed by atoms with Gasteiger partial charge in [-0.3, -0.25) is 0 Å². The third kappa shape index (κ3) is 6.86. The monoisotopic (exact) mass is 486 g/mol. The first kappa shape index (κ1) is 23.9. The smallest absolute Gasteiger partial charge is 0.123 e. The van der Waals surface area contributed by atoms with E-state index in [2.05, 4.69) is 10.2 Å². The van der Waals surface area contributed by atoms with Crippen molar-refractivity contribution in [2.75, 3.05) is 31.6 Å². The summed E-state index contributed by atoms with van der Waals surface area (Å²) >= 11 is 12.5. The van der Waals surface area contributed by atoms with Gasteiger partial charge in [0.15, 0.2) is 0 Å². The van der Waals surface area contributed by atoms with Crippen molar-refractivity contribution in [2.45, 2.75) is 25.3 Å². The number of likely N-dealkylation sites (tertiary alicyclic amines) is 1. The number of nitrogens with one attached hydrogen (secondary N) is 1. The quantitative estimate of drug-likeness (QED) is 0.317. The number of hydrogen-bond donors (Lipinski definition) is 1. The maximum absolute atomic E-state index is 13.4. The summed E-state index contributed by atoms with van der Waals surface area (Å²) in [6.07, 6.45) is 3.14. The fraction of sp³-hybridized carbons (Fsp3) is 0.333. The highest BCUT2D eigenvalue weighted by molar-refractivity contribution is 6.42. The molecule has 0 radical (unpaired) electrons. The lowest BCUT2D eigenvalue weighted by Crippen LogP contribution is -2.38. The molecule has 1 heterocycles. The van der Waals surface area contributed by atoms with Gasteiger partial charge in [-0.25, -0.2) is 4.39 Å². The molecule has 1 atom stereocenters. The van der Waals surface area contributed by atoms with Crippen molar-refractivity contribution < 1.29 is 9.13 Å². The molecule has 33 heavy (non-hydrogen) atoms. The van der Waals surface area contributed by atoms with Gasteiger partial charge in [-0.15, -0.1) is 0 Å². The van der Waals surface area contributed by atoms with Crippen LogP contribution in [-0.2, 0) is 0 Å². The van der Waals surface area contributed by atoms with E-state index in [-0.39, 0.29) is 11.9 Å². The van der Waals surface area contributed by atoms with E-state index >= 15 is 0 Å². The number of nitrogens with zero attached hydrogens (tertiary/aromatic N) is 1. The molecule has 1 aliphatic rings. The van der Waals surface area contributed by atoms with Gasteiger partial charge in [0.05, 0.1) is 22.7 Å². The minimum atomic E-state index is -0.240. The second-order valence-electron chi connectivity index (χ2n) is 8.50. The molecule has 3 aromatic carbocycles. The molecule has 0 saturated carbocycles. The minimum Gasteiger partial charge on any atom is -0.494 e. The zero-order valence-electron chi connectivity index (χ0n) is 18.5. The van der Waals surface area contributed by atoms with E-state index < -0.39 is 0 Å². The van der Waals surface area contributed by atoms with Crippen molar-refractivity contribution in [1.82, 2.24) is 4.90 Å². The minimum absolute atomic E-state index is 0.0776. The number of rotatable bonds is 9. The predicted octanol–water partition coefficient (Wildman–Crippen LogP) is 7.47. The number of ether oxygens (including phenoxy) is 1. The Balaban J connectivity index is 1.34. The largest absolute Gasteiger partial charge is 0.494 e. The molecule has 3 nitrogen and oxygen atoms in total. The lowest BCUT2D eigenvalue weighted by Gasteiger charge is -2.37. The highest BCUT2D eigenvalue weighted by Gasteiger charge is 2.28. The van der Waals surface area contributed by atoms with Gasteiger partial charge in [-0.05, 0) is 92.4 Å². The second kappa shape index (κ2) is 11.7. The fourth-order valence-electron chi connectivity index (χ4n) is 4.41. The Morgan fingerprint density at radius 2 is 1.67 bits per heavy atom. The summed E-state index contributed by atoms with van der Waals surface area (Å²) in [6, 6.07) is 22.4. The summed E-state index contributed by atoms with van der Waals surface area (Å²) in [5.74, 6) is 1.12. The van der Waals surface area contributed by atoms with Crippen molar-refractivity contribution in [3.8, 4) is 5.75 Å². The maximum Gasteiger partial charge on any atom is 0.123 e. The van der Waals surface area contributed by atoms with Gasteiger partial charge in [0.1, 0.15) is 11.6 Å². The molecule has 0 amide bonds. The van der Waals surface area contributed by atoms with Gasteiger partial charge in [0.2, 0.25) is 0 Å². The molecule has 174 valence electrons. The summed E-state index contributed by atoms with van der Waals surface area (Å²) in [4.78, 5) is 2.51. The van der Waals surface area contributed by atoms with Crippen LogP contribution in [0.2, 0.25) is 10.0 Å². The average molecular weight is 487 g/mol. The van der Waals surface area contributed by atoms with E-state index in [4.69, 9.17) is 27.9 Å². The Hall–Kier alpha value is -2.27. The molecule has 1 N–H and O–H groups in total. The van der Waals surface area contributed by atoms with Crippen LogP contribution in [0.15, 0.2) is 72.8 Å². The van der Waals surface area contributed by atoms with Gasteiger partial charge in [0.25, 0.3) is 0 Å². The van der Waals surface area contributed by atoms with Crippen LogP contribution in [0, 0.1) is 11.7 Å². The summed E-state index contributed by atoms with van der Waals surface area (Å²) in [6.45, 7) is 3.84. The Labute approximate surface area is 205 Å². The van der Waals surface area contributed by atoms with Gasteiger partial charge in [0, 0.05) is 12.2 Å². The summed E-state index contributed by atoms with van der Waals surface area (Å²) in [5.41, 5.74) is 2.00. The lowest BCUT2D eigenvalue weighted by atomic mass is 9.85. The van der Waals surface area contributed by atoms with E-state index in [1.54, 1.807) is 12.1 Å². The Morgan fingerprint density at radius 1 is 0.939 bits per heavy atom. The molecule has 1 fully saturated rings. The first-order valence-corrected chi connectivity index (χ1v) is 12.2. The molecule has 4 rings (SSSR count). The van der Waals surface area contributed by atoms with Gasteiger partial charge in [-0.2, -0.15) is 0 Å². The van der Waals surface area contributed by atoms with Crippen LogP contribution in [0.3, 0.4) is 0 Å². The third-order valence-corrected chi connectivity index (χ3v) is 6.94. The average Bonchev–Trinajstić information content (AvgIpc) is 2.84. The van der Waals surface area contributed by atoms with Crippen molar-refractivity contribution >= 4 is 28.9 Å². The number of benzene rings is 3.